The van der Waals surface area contributed by atoms with Gasteiger partial charge >= 0.3 is 0 Å². The van der Waals surface area contributed by atoms with Gasteiger partial charge in [0, 0.05) is 36.6 Å². The first kappa shape index (κ1) is 22.9. The Morgan fingerprint density at radius 2 is 1.90 bits per heavy atom. The smallest absolute Gasteiger partial charge is 0.256 e. The van der Waals surface area contributed by atoms with Crippen LogP contribution in [-0.4, -0.2) is 49.4 Å². The molecule has 1 aromatic carbocycles. The van der Waals surface area contributed by atoms with E-state index in [0.717, 1.165) is 61.7 Å². The Morgan fingerprint density at radius 1 is 1.19 bits per heavy atom. The summed E-state index contributed by atoms with van der Waals surface area (Å²) in [6.45, 7) is 10.5. The van der Waals surface area contributed by atoms with E-state index in [1.54, 1.807) is 12.1 Å². The van der Waals surface area contributed by atoms with Gasteiger partial charge in [-0.15, -0.1) is 16.2 Å². The van der Waals surface area contributed by atoms with Crippen LogP contribution in [0.5, 0.6) is 0 Å². The SMILES string of the molecule is CCCc1sc(NC(=O)c2ccc(N3CCN(CC)CC3)c(N=O)c2)c(C(N)=O)c1C. The number of nitroso groups, excluding NO2 is 1. The predicted molar refractivity (Wildman–Crippen MR) is 126 cm³/mol. The molecule has 2 heterocycles. The summed E-state index contributed by atoms with van der Waals surface area (Å²) in [6.07, 6.45) is 1.74. The molecule has 2 aromatic rings. The minimum atomic E-state index is -0.566. The van der Waals surface area contributed by atoms with Gasteiger partial charge in [-0.2, -0.15) is 0 Å². The first-order chi connectivity index (χ1) is 14.9. The lowest BCUT2D eigenvalue weighted by Crippen LogP contribution is -2.46. The summed E-state index contributed by atoms with van der Waals surface area (Å²) in [5.41, 5.74) is 8.00. The maximum Gasteiger partial charge on any atom is 0.256 e. The van der Waals surface area contributed by atoms with Crippen LogP contribution >= 0.6 is 11.3 Å². The van der Waals surface area contributed by atoms with Crippen LogP contribution in [0.1, 0.15) is 51.4 Å². The topological polar surface area (TPSA) is 108 Å². The van der Waals surface area contributed by atoms with Crippen molar-refractivity contribution in [3.8, 4) is 0 Å². The highest BCUT2D eigenvalue weighted by atomic mass is 32.1. The molecule has 9 heteroatoms. The van der Waals surface area contributed by atoms with E-state index in [1.807, 2.05) is 6.92 Å². The van der Waals surface area contributed by atoms with Gasteiger partial charge in [-0.05, 0) is 48.8 Å². The molecule has 166 valence electrons. The quantitative estimate of drug-likeness (QED) is 0.602. The number of carbonyl (C=O) groups excluding carboxylic acids is 2. The van der Waals surface area contributed by atoms with E-state index >= 15 is 0 Å². The number of anilines is 2. The number of hydrogen-bond acceptors (Lipinski definition) is 7. The van der Waals surface area contributed by atoms with Crippen molar-refractivity contribution >= 4 is 39.5 Å². The summed E-state index contributed by atoms with van der Waals surface area (Å²) in [5.74, 6) is -0.970. The number of nitrogens with zero attached hydrogens (tertiary/aromatic N) is 3. The second-order valence-electron chi connectivity index (χ2n) is 7.64. The minimum Gasteiger partial charge on any atom is -0.367 e. The van der Waals surface area contributed by atoms with E-state index in [1.165, 1.54) is 17.4 Å². The molecule has 1 fully saturated rings. The number of primary amides is 1. The molecule has 0 unspecified atom stereocenters. The number of rotatable bonds is 8. The summed E-state index contributed by atoms with van der Waals surface area (Å²) in [6, 6.07) is 4.95. The number of aryl methyl sites for hydroxylation is 1. The zero-order valence-corrected chi connectivity index (χ0v) is 19.1. The fraction of sp³-hybridized carbons (Fsp3) is 0.455. The number of nitrogens with one attached hydrogen (secondary N) is 1. The second kappa shape index (κ2) is 10.0. The van der Waals surface area contributed by atoms with Gasteiger partial charge in [0.2, 0.25) is 0 Å². The number of hydrogen-bond donors (Lipinski definition) is 2. The van der Waals surface area contributed by atoms with E-state index in [2.05, 4.69) is 34.1 Å². The third-order valence-corrected chi connectivity index (χ3v) is 6.96. The summed E-state index contributed by atoms with van der Waals surface area (Å²) in [7, 11) is 0. The molecule has 31 heavy (non-hydrogen) atoms. The van der Waals surface area contributed by atoms with E-state index in [0.29, 0.717) is 16.1 Å². The molecule has 2 amide bonds. The monoisotopic (exact) mass is 443 g/mol. The first-order valence-corrected chi connectivity index (χ1v) is 11.4. The second-order valence-corrected chi connectivity index (χ2v) is 8.74. The van der Waals surface area contributed by atoms with Crippen molar-refractivity contribution < 1.29 is 9.59 Å². The number of amides is 2. The standard InChI is InChI=1S/C22H29N5O3S/c1-4-6-18-14(3)19(20(23)28)22(31-18)24-21(29)15-7-8-17(16(13-15)25-30)27-11-9-26(5-2)10-12-27/h7-8,13H,4-6,9-12H2,1-3H3,(H2,23,28)(H,24,29). The van der Waals surface area contributed by atoms with Gasteiger partial charge in [-0.3, -0.25) is 9.59 Å². The van der Waals surface area contributed by atoms with Crippen LogP contribution in [-0.2, 0) is 6.42 Å². The van der Waals surface area contributed by atoms with Crippen molar-refractivity contribution in [1.29, 1.82) is 0 Å². The van der Waals surface area contributed by atoms with E-state index in [9.17, 15) is 14.5 Å². The number of piperazine rings is 1. The Bertz CT molecular complexity index is 980. The van der Waals surface area contributed by atoms with Crippen LogP contribution in [0.15, 0.2) is 23.4 Å². The lowest BCUT2D eigenvalue weighted by molar-refractivity contribution is 0.100. The highest BCUT2D eigenvalue weighted by Gasteiger charge is 2.23. The molecule has 0 aliphatic carbocycles. The zero-order valence-electron chi connectivity index (χ0n) is 18.2. The summed E-state index contributed by atoms with van der Waals surface area (Å²) < 4.78 is 0. The summed E-state index contributed by atoms with van der Waals surface area (Å²) in [4.78, 5) is 41.8. The van der Waals surface area contributed by atoms with Gasteiger partial charge in [0.1, 0.15) is 10.7 Å². The Labute approximate surface area is 186 Å². The predicted octanol–water partition coefficient (Wildman–Crippen LogP) is 3.90. The van der Waals surface area contributed by atoms with Crippen molar-refractivity contribution in [2.75, 3.05) is 42.9 Å². The van der Waals surface area contributed by atoms with Crippen LogP contribution in [0.25, 0.3) is 0 Å². The van der Waals surface area contributed by atoms with Crippen LogP contribution in [0.2, 0.25) is 0 Å². The Kier molecular flexibility index (Phi) is 7.40. The highest BCUT2D eigenvalue weighted by Crippen LogP contribution is 2.35. The maximum atomic E-state index is 12.9. The lowest BCUT2D eigenvalue weighted by Gasteiger charge is -2.35. The van der Waals surface area contributed by atoms with Gasteiger partial charge in [-0.1, -0.05) is 20.3 Å². The Morgan fingerprint density at radius 3 is 2.48 bits per heavy atom. The van der Waals surface area contributed by atoms with Crippen molar-refractivity contribution in [2.45, 2.75) is 33.6 Å². The molecule has 1 aliphatic heterocycles. The fourth-order valence-corrected chi connectivity index (χ4v) is 5.20. The van der Waals surface area contributed by atoms with Crippen LogP contribution in [0, 0.1) is 11.8 Å². The lowest BCUT2D eigenvalue weighted by atomic mass is 10.1. The largest absolute Gasteiger partial charge is 0.367 e. The van der Waals surface area contributed by atoms with Gasteiger partial charge in [0.05, 0.1) is 11.3 Å². The van der Waals surface area contributed by atoms with E-state index in [4.69, 9.17) is 5.73 Å². The van der Waals surface area contributed by atoms with Gasteiger partial charge in [0.25, 0.3) is 11.8 Å². The molecule has 0 spiro atoms. The highest BCUT2D eigenvalue weighted by molar-refractivity contribution is 7.17. The summed E-state index contributed by atoms with van der Waals surface area (Å²) in [5, 5.41) is 6.42. The average molecular weight is 444 g/mol. The third-order valence-electron chi connectivity index (χ3n) is 5.69. The maximum absolute atomic E-state index is 12.9. The number of nitrogens with two attached hydrogens (primary N) is 1. The zero-order chi connectivity index (χ0) is 22.5. The third kappa shape index (κ3) is 4.94. The number of benzene rings is 1. The molecule has 0 atom stereocenters. The normalized spacial score (nSPS) is 14.5. The van der Waals surface area contributed by atoms with Gasteiger partial charge in [-0.25, -0.2) is 0 Å². The van der Waals surface area contributed by atoms with Crippen LogP contribution in [0.3, 0.4) is 0 Å². The van der Waals surface area contributed by atoms with Crippen molar-refractivity contribution in [3.63, 3.8) is 0 Å². The molecule has 1 aromatic heterocycles. The molecule has 0 bridgehead atoms. The van der Waals surface area contributed by atoms with E-state index in [-0.39, 0.29) is 5.69 Å². The molecular formula is C22H29N5O3S. The van der Waals surface area contributed by atoms with Crippen molar-refractivity contribution in [1.82, 2.24) is 4.90 Å². The molecule has 1 aliphatic rings. The Hall–Kier alpha value is -2.78. The van der Waals surface area contributed by atoms with Crippen LogP contribution < -0.4 is 16.0 Å². The molecule has 8 nitrogen and oxygen atoms in total. The first-order valence-electron chi connectivity index (χ1n) is 10.6. The van der Waals surface area contributed by atoms with Gasteiger partial charge < -0.3 is 20.9 Å². The van der Waals surface area contributed by atoms with Crippen LogP contribution in [0.4, 0.5) is 16.4 Å². The number of carbonyl (C=O) groups is 2. The minimum absolute atomic E-state index is 0.238. The van der Waals surface area contributed by atoms with E-state index < -0.39 is 11.8 Å². The molecule has 0 radical (unpaired) electrons. The average Bonchev–Trinajstić information content (AvgIpc) is 3.08. The fourth-order valence-electron chi connectivity index (χ4n) is 3.90. The summed E-state index contributed by atoms with van der Waals surface area (Å²) >= 11 is 1.37. The van der Waals surface area contributed by atoms with Crippen molar-refractivity contribution in [3.05, 3.63) is 44.7 Å². The Balaban J connectivity index is 1.82. The molecule has 3 rings (SSSR count). The van der Waals surface area contributed by atoms with Crippen molar-refractivity contribution in [2.24, 2.45) is 10.9 Å². The number of thiophene rings is 1. The van der Waals surface area contributed by atoms with Gasteiger partial charge in [0.15, 0.2) is 0 Å². The molecule has 3 N–H and O–H groups in total. The molecule has 0 saturated carbocycles. The number of likely N-dealkylation sites (N-methyl/N-ethyl adjacent to an activating group) is 1. The molecule has 1 saturated heterocycles. The molecular weight excluding hydrogens is 414 g/mol.